The molecule has 2 nitrogen and oxygen atoms in total. The van der Waals surface area contributed by atoms with Crippen LogP contribution in [0.4, 0.5) is 0 Å². The fourth-order valence-corrected chi connectivity index (χ4v) is 2.10. The number of aliphatic hydroxyl groups excluding tert-OH is 1. The van der Waals surface area contributed by atoms with Gasteiger partial charge in [0.1, 0.15) is 0 Å². The van der Waals surface area contributed by atoms with E-state index in [-0.39, 0.29) is 6.61 Å². The average molecular weight is 189 g/mol. The van der Waals surface area contributed by atoms with Crippen molar-refractivity contribution in [3.05, 3.63) is 35.0 Å². The second-order valence-corrected chi connectivity index (χ2v) is 3.82. The highest BCUT2D eigenvalue weighted by molar-refractivity contribution is 5.87. The van der Waals surface area contributed by atoms with E-state index >= 15 is 0 Å². The summed E-state index contributed by atoms with van der Waals surface area (Å²) in [6, 6.07) is 4.18. The minimum absolute atomic E-state index is 0.123. The Kier molecular flexibility index (Phi) is 2.08. The van der Waals surface area contributed by atoms with Crippen molar-refractivity contribution in [1.29, 1.82) is 0 Å². The summed E-state index contributed by atoms with van der Waals surface area (Å²) < 4.78 is 2.12. The van der Waals surface area contributed by atoms with Crippen LogP contribution in [0.5, 0.6) is 0 Å². The molecular weight excluding hydrogens is 174 g/mol. The van der Waals surface area contributed by atoms with Gasteiger partial charge in [-0.25, -0.2) is 0 Å². The number of fused-ring (bicyclic) bond motifs is 1. The molecule has 2 heteroatoms. The SMILES string of the molecule is Cc1c(CO)cc(C)c2c1ccn2C. The molecule has 0 unspecified atom stereocenters. The van der Waals surface area contributed by atoms with E-state index in [9.17, 15) is 5.11 Å². The van der Waals surface area contributed by atoms with Crippen molar-refractivity contribution in [3.8, 4) is 0 Å². The van der Waals surface area contributed by atoms with Crippen LogP contribution in [0.15, 0.2) is 18.3 Å². The van der Waals surface area contributed by atoms with Gasteiger partial charge in [-0.3, -0.25) is 0 Å². The van der Waals surface area contributed by atoms with Crippen LogP contribution in [-0.4, -0.2) is 9.67 Å². The van der Waals surface area contributed by atoms with Crippen molar-refractivity contribution in [3.63, 3.8) is 0 Å². The Morgan fingerprint density at radius 1 is 1.36 bits per heavy atom. The number of hydrogen-bond donors (Lipinski definition) is 1. The lowest BCUT2D eigenvalue weighted by molar-refractivity contribution is 0.281. The smallest absolute Gasteiger partial charge is 0.0684 e. The van der Waals surface area contributed by atoms with Crippen molar-refractivity contribution < 1.29 is 5.11 Å². The summed E-state index contributed by atoms with van der Waals surface area (Å²) in [5.41, 5.74) is 4.71. The monoisotopic (exact) mass is 189 g/mol. The van der Waals surface area contributed by atoms with Crippen LogP contribution in [-0.2, 0) is 13.7 Å². The van der Waals surface area contributed by atoms with Gasteiger partial charge >= 0.3 is 0 Å². The third-order valence-corrected chi connectivity index (χ3v) is 2.89. The van der Waals surface area contributed by atoms with E-state index in [1.807, 2.05) is 7.05 Å². The molecule has 0 spiro atoms. The number of hydrogen-bond acceptors (Lipinski definition) is 1. The molecule has 0 aliphatic heterocycles. The van der Waals surface area contributed by atoms with Crippen LogP contribution in [0, 0.1) is 13.8 Å². The van der Waals surface area contributed by atoms with E-state index in [2.05, 4.69) is 36.7 Å². The molecule has 14 heavy (non-hydrogen) atoms. The zero-order valence-corrected chi connectivity index (χ0v) is 8.83. The van der Waals surface area contributed by atoms with Crippen molar-refractivity contribution in [2.45, 2.75) is 20.5 Å². The number of aryl methyl sites for hydroxylation is 3. The third-order valence-electron chi connectivity index (χ3n) is 2.89. The van der Waals surface area contributed by atoms with Gasteiger partial charge in [-0.05, 0) is 36.6 Å². The first-order valence-electron chi connectivity index (χ1n) is 4.80. The van der Waals surface area contributed by atoms with E-state index in [1.165, 1.54) is 22.0 Å². The minimum atomic E-state index is 0.123. The molecule has 2 aromatic rings. The molecule has 0 radical (unpaired) electrons. The highest BCUT2D eigenvalue weighted by atomic mass is 16.3. The van der Waals surface area contributed by atoms with Gasteiger partial charge in [0.15, 0.2) is 0 Å². The standard InChI is InChI=1S/C12H15NO/c1-8-6-10(7-14)9(2)11-4-5-13(3)12(8)11/h4-6,14H,7H2,1-3H3. The van der Waals surface area contributed by atoms with Gasteiger partial charge in [-0.1, -0.05) is 6.07 Å². The second kappa shape index (κ2) is 3.14. The van der Waals surface area contributed by atoms with Crippen molar-refractivity contribution in [2.24, 2.45) is 7.05 Å². The van der Waals surface area contributed by atoms with Gasteiger partial charge in [0.25, 0.3) is 0 Å². The molecule has 0 fully saturated rings. The van der Waals surface area contributed by atoms with Crippen molar-refractivity contribution >= 4 is 10.9 Å². The predicted octanol–water partition coefficient (Wildman–Crippen LogP) is 2.29. The molecule has 1 heterocycles. The summed E-state index contributed by atoms with van der Waals surface area (Å²) in [5, 5.41) is 10.4. The lowest BCUT2D eigenvalue weighted by atomic mass is 10.0. The molecule has 1 aromatic heterocycles. The maximum absolute atomic E-state index is 9.20. The van der Waals surface area contributed by atoms with Crippen LogP contribution >= 0.6 is 0 Å². The number of nitrogens with zero attached hydrogens (tertiary/aromatic N) is 1. The quantitative estimate of drug-likeness (QED) is 0.731. The van der Waals surface area contributed by atoms with E-state index in [0.29, 0.717) is 0 Å². The Labute approximate surface area is 83.8 Å². The Hall–Kier alpha value is -1.28. The van der Waals surface area contributed by atoms with Crippen molar-refractivity contribution in [1.82, 2.24) is 4.57 Å². The van der Waals surface area contributed by atoms with E-state index in [1.54, 1.807) is 0 Å². The molecular formula is C12H15NO. The fourth-order valence-electron chi connectivity index (χ4n) is 2.10. The first-order valence-corrected chi connectivity index (χ1v) is 4.80. The largest absolute Gasteiger partial charge is 0.392 e. The molecule has 74 valence electrons. The molecule has 0 aliphatic rings. The highest BCUT2D eigenvalue weighted by Crippen LogP contribution is 2.25. The minimum Gasteiger partial charge on any atom is -0.392 e. The average Bonchev–Trinajstić information content (AvgIpc) is 2.54. The van der Waals surface area contributed by atoms with Gasteiger partial charge in [0, 0.05) is 18.6 Å². The summed E-state index contributed by atoms with van der Waals surface area (Å²) >= 11 is 0. The van der Waals surface area contributed by atoms with Crippen LogP contribution < -0.4 is 0 Å². The van der Waals surface area contributed by atoms with E-state index in [4.69, 9.17) is 0 Å². The molecule has 0 saturated heterocycles. The molecule has 0 atom stereocenters. The van der Waals surface area contributed by atoms with Crippen LogP contribution in [0.3, 0.4) is 0 Å². The third kappa shape index (κ3) is 1.15. The van der Waals surface area contributed by atoms with Gasteiger partial charge in [-0.2, -0.15) is 0 Å². The number of rotatable bonds is 1. The molecule has 1 aromatic carbocycles. The second-order valence-electron chi connectivity index (χ2n) is 3.82. The lowest BCUT2D eigenvalue weighted by Gasteiger charge is -2.08. The summed E-state index contributed by atoms with van der Waals surface area (Å²) in [7, 11) is 2.05. The zero-order valence-electron chi connectivity index (χ0n) is 8.83. The van der Waals surface area contributed by atoms with Crippen LogP contribution in [0.25, 0.3) is 10.9 Å². The maximum atomic E-state index is 9.20. The Morgan fingerprint density at radius 2 is 2.07 bits per heavy atom. The summed E-state index contributed by atoms with van der Waals surface area (Å²) in [6.07, 6.45) is 2.06. The lowest BCUT2D eigenvalue weighted by Crippen LogP contribution is -1.94. The summed E-state index contributed by atoms with van der Waals surface area (Å²) in [5.74, 6) is 0. The van der Waals surface area contributed by atoms with E-state index in [0.717, 1.165) is 5.56 Å². The number of aromatic nitrogens is 1. The topological polar surface area (TPSA) is 25.2 Å². The van der Waals surface area contributed by atoms with Crippen LogP contribution in [0.1, 0.15) is 16.7 Å². The molecule has 2 rings (SSSR count). The molecule has 0 aliphatic carbocycles. The van der Waals surface area contributed by atoms with Crippen molar-refractivity contribution in [2.75, 3.05) is 0 Å². The van der Waals surface area contributed by atoms with Gasteiger partial charge in [0.2, 0.25) is 0 Å². The van der Waals surface area contributed by atoms with Gasteiger partial charge < -0.3 is 9.67 Å². The first kappa shape index (κ1) is 9.28. The predicted molar refractivity (Wildman–Crippen MR) is 58.3 cm³/mol. The normalized spacial score (nSPS) is 11.1. The number of benzene rings is 1. The van der Waals surface area contributed by atoms with Crippen LogP contribution in [0.2, 0.25) is 0 Å². The zero-order chi connectivity index (χ0) is 10.3. The molecule has 0 saturated carbocycles. The van der Waals surface area contributed by atoms with E-state index < -0.39 is 0 Å². The Balaban J connectivity index is 2.89. The highest BCUT2D eigenvalue weighted by Gasteiger charge is 2.08. The summed E-state index contributed by atoms with van der Waals surface area (Å²) in [4.78, 5) is 0. The molecule has 1 N–H and O–H groups in total. The first-order chi connectivity index (χ1) is 6.65. The molecule has 0 bridgehead atoms. The summed E-state index contributed by atoms with van der Waals surface area (Å²) in [6.45, 7) is 4.27. The fraction of sp³-hybridized carbons (Fsp3) is 0.333. The van der Waals surface area contributed by atoms with Gasteiger partial charge in [0.05, 0.1) is 12.1 Å². The van der Waals surface area contributed by atoms with Gasteiger partial charge in [-0.15, -0.1) is 0 Å². The molecule has 0 amide bonds. The number of aliphatic hydroxyl groups is 1. The maximum Gasteiger partial charge on any atom is 0.0684 e. The Bertz CT molecular complexity index is 483. The Morgan fingerprint density at radius 3 is 2.71 bits per heavy atom.